The highest BCUT2D eigenvalue weighted by molar-refractivity contribution is 8.01. The van der Waals surface area contributed by atoms with Gasteiger partial charge in [-0.15, -0.1) is 10.2 Å². The van der Waals surface area contributed by atoms with Gasteiger partial charge in [0, 0.05) is 11.0 Å². The second-order valence-electron chi connectivity index (χ2n) is 4.82. The molecule has 2 rings (SSSR count). The van der Waals surface area contributed by atoms with E-state index in [4.69, 9.17) is 11.6 Å². The van der Waals surface area contributed by atoms with Gasteiger partial charge in [-0.1, -0.05) is 43.7 Å². The number of halogens is 1. The zero-order valence-electron chi connectivity index (χ0n) is 10.6. The van der Waals surface area contributed by atoms with Crippen LogP contribution in [0.2, 0.25) is 5.15 Å². The molecule has 18 heavy (non-hydrogen) atoms. The van der Waals surface area contributed by atoms with E-state index in [1.165, 1.54) is 23.1 Å². The van der Waals surface area contributed by atoms with Gasteiger partial charge in [0.15, 0.2) is 4.34 Å². The number of hydrogen-bond donors (Lipinski definition) is 0. The van der Waals surface area contributed by atoms with Crippen molar-refractivity contribution < 1.29 is 0 Å². The lowest BCUT2D eigenvalue weighted by molar-refractivity contribution is 0.537. The van der Waals surface area contributed by atoms with Gasteiger partial charge in [0.25, 0.3) is 0 Å². The lowest BCUT2D eigenvalue weighted by atomic mass is 9.96. The molecular formula is C11H13ClN4S2. The van der Waals surface area contributed by atoms with Crippen molar-refractivity contribution in [2.45, 2.75) is 42.5 Å². The van der Waals surface area contributed by atoms with Crippen molar-refractivity contribution in [3.05, 3.63) is 22.1 Å². The van der Waals surface area contributed by atoms with Crippen molar-refractivity contribution in [1.29, 1.82) is 0 Å². The Bertz CT molecular complexity index is 549. The summed E-state index contributed by atoms with van der Waals surface area (Å²) < 4.78 is 0.854. The van der Waals surface area contributed by atoms with Crippen molar-refractivity contribution in [2.75, 3.05) is 0 Å². The molecule has 0 aliphatic carbocycles. The summed E-state index contributed by atoms with van der Waals surface area (Å²) >= 11 is 9.13. The van der Waals surface area contributed by atoms with Crippen LogP contribution in [0.15, 0.2) is 14.9 Å². The summed E-state index contributed by atoms with van der Waals surface area (Å²) in [7, 11) is 0. The average Bonchev–Trinajstić information content (AvgIpc) is 2.75. The van der Waals surface area contributed by atoms with Crippen LogP contribution >= 0.6 is 34.7 Å². The van der Waals surface area contributed by atoms with Gasteiger partial charge >= 0.3 is 0 Å². The Morgan fingerprint density at radius 3 is 2.56 bits per heavy atom. The van der Waals surface area contributed by atoms with Crippen LogP contribution in [0.5, 0.6) is 0 Å². The Morgan fingerprint density at radius 1 is 1.28 bits per heavy atom. The molecule has 2 aromatic rings. The third-order valence-corrected chi connectivity index (χ3v) is 4.47. The second kappa shape index (κ2) is 5.11. The number of nitrogens with zero attached hydrogens (tertiary/aromatic N) is 4. The molecule has 0 saturated carbocycles. The molecule has 2 aromatic heterocycles. The first-order valence-electron chi connectivity index (χ1n) is 5.36. The summed E-state index contributed by atoms with van der Waals surface area (Å²) in [5.74, 6) is 0.741. The summed E-state index contributed by atoms with van der Waals surface area (Å²) in [6.45, 7) is 8.10. The Labute approximate surface area is 119 Å². The average molecular weight is 301 g/mol. The van der Waals surface area contributed by atoms with Gasteiger partial charge < -0.3 is 0 Å². The number of hydrogen-bond acceptors (Lipinski definition) is 6. The third kappa shape index (κ3) is 2.99. The van der Waals surface area contributed by atoms with Gasteiger partial charge in [-0.3, -0.25) is 0 Å². The maximum Gasteiger partial charge on any atom is 0.180 e. The zero-order valence-corrected chi connectivity index (χ0v) is 12.9. The molecule has 0 bridgehead atoms. The zero-order chi connectivity index (χ0) is 13.3. The highest BCUT2D eigenvalue weighted by Gasteiger charge is 2.21. The summed E-state index contributed by atoms with van der Waals surface area (Å²) in [5.41, 5.74) is 2.45. The minimum Gasteiger partial charge on any atom is -0.225 e. The molecule has 7 heteroatoms. The summed E-state index contributed by atoms with van der Waals surface area (Å²) in [4.78, 5) is 8.93. The predicted molar refractivity (Wildman–Crippen MR) is 74.5 cm³/mol. The van der Waals surface area contributed by atoms with Crippen LogP contribution in [0.1, 0.15) is 32.2 Å². The first-order chi connectivity index (χ1) is 8.38. The molecule has 0 N–H and O–H groups in total. The number of aromatic nitrogens is 4. The van der Waals surface area contributed by atoms with Crippen LogP contribution < -0.4 is 0 Å². The smallest absolute Gasteiger partial charge is 0.180 e. The summed E-state index contributed by atoms with van der Waals surface area (Å²) in [6.07, 6.45) is 0. The molecule has 2 heterocycles. The normalized spacial score (nSPS) is 11.8. The van der Waals surface area contributed by atoms with Gasteiger partial charge in [-0.25, -0.2) is 9.97 Å². The highest BCUT2D eigenvalue weighted by Crippen LogP contribution is 2.33. The first-order valence-corrected chi connectivity index (χ1v) is 7.44. The molecule has 0 atom stereocenters. The van der Waals surface area contributed by atoms with E-state index < -0.39 is 0 Å². The van der Waals surface area contributed by atoms with Crippen molar-refractivity contribution in [3.63, 3.8) is 0 Å². The van der Waals surface area contributed by atoms with E-state index in [9.17, 15) is 0 Å². The molecule has 0 unspecified atom stereocenters. The predicted octanol–water partition coefficient (Wildman–Crippen LogP) is 3.74. The molecule has 0 aromatic carbocycles. The van der Waals surface area contributed by atoms with Crippen LogP contribution in [0.4, 0.5) is 0 Å². The molecule has 4 nitrogen and oxygen atoms in total. The van der Waals surface area contributed by atoms with Crippen molar-refractivity contribution in [3.8, 4) is 0 Å². The topological polar surface area (TPSA) is 51.6 Å². The summed E-state index contributed by atoms with van der Waals surface area (Å²) in [5, 5.41) is 9.16. The van der Waals surface area contributed by atoms with E-state index in [2.05, 4.69) is 40.9 Å². The van der Waals surface area contributed by atoms with E-state index in [1.807, 2.05) is 6.92 Å². The lowest BCUT2D eigenvalue weighted by Gasteiger charge is -2.18. The fourth-order valence-electron chi connectivity index (χ4n) is 1.19. The van der Waals surface area contributed by atoms with E-state index in [0.29, 0.717) is 5.15 Å². The van der Waals surface area contributed by atoms with E-state index in [1.54, 1.807) is 5.51 Å². The fraction of sp³-hybridized carbons (Fsp3) is 0.455. The van der Waals surface area contributed by atoms with Crippen LogP contribution in [-0.4, -0.2) is 20.2 Å². The Morgan fingerprint density at radius 2 is 2.00 bits per heavy atom. The Hall–Kier alpha value is -0.720. The Kier molecular flexibility index (Phi) is 3.89. The quantitative estimate of drug-likeness (QED) is 0.791. The van der Waals surface area contributed by atoms with E-state index >= 15 is 0 Å². The van der Waals surface area contributed by atoms with Crippen molar-refractivity contribution in [1.82, 2.24) is 20.2 Å². The lowest BCUT2D eigenvalue weighted by Crippen LogP contribution is -2.17. The molecule has 0 spiro atoms. The minimum atomic E-state index is -0.131. The van der Waals surface area contributed by atoms with Crippen LogP contribution in [0, 0.1) is 6.92 Å². The molecule has 0 saturated heterocycles. The second-order valence-corrected chi connectivity index (χ2v) is 7.25. The molecule has 0 aliphatic rings. The SMILES string of the molecule is Cc1c(Cl)nc(C(C)(C)C)nc1Sc1nncs1. The van der Waals surface area contributed by atoms with E-state index in [-0.39, 0.29) is 5.41 Å². The van der Waals surface area contributed by atoms with Gasteiger partial charge in [0.05, 0.1) is 0 Å². The van der Waals surface area contributed by atoms with E-state index in [0.717, 1.165) is 20.8 Å². The maximum atomic E-state index is 6.17. The largest absolute Gasteiger partial charge is 0.225 e. The maximum absolute atomic E-state index is 6.17. The van der Waals surface area contributed by atoms with Crippen LogP contribution in [0.3, 0.4) is 0 Å². The molecule has 0 radical (unpaired) electrons. The first kappa shape index (κ1) is 13.7. The molecule has 0 aliphatic heterocycles. The standard InChI is InChI=1S/C11H13ClN4S2/c1-6-7(12)14-9(11(2,3)4)15-8(6)18-10-16-13-5-17-10/h5H,1-4H3. The van der Waals surface area contributed by atoms with Gasteiger partial charge in [-0.2, -0.15) is 0 Å². The van der Waals surface area contributed by atoms with Crippen LogP contribution in [0.25, 0.3) is 0 Å². The minimum absolute atomic E-state index is 0.131. The molecule has 96 valence electrons. The monoisotopic (exact) mass is 300 g/mol. The third-order valence-electron chi connectivity index (χ3n) is 2.24. The van der Waals surface area contributed by atoms with Crippen LogP contribution in [-0.2, 0) is 5.41 Å². The number of rotatable bonds is 2. The van der Waals surface area contributed by atoms with Gasteiger partial charge in [-0.05, 0) is 18.7 Å². The van der Waals surface area contributed by atoms with Crippen molar-refractivity contribution >= 4 is 34.7 Å². The van der Waals surface area contributed by atoms with Crippen molar-refractivity contribution in [2.24, 2.45) is 0 Å². The Balaban J connectivity index is 2.43. The highest BCUT2D eigenvalue weighted by atomic mass is 35.5. The van der Waals surface area contributed by atoms with Gasteiger partial charge in [0.1, 0.15) is 21.5 Å². The summed E-state index contributed by atoms with van der Waals surface area (Å²) in [6, 6.07) is 0. The fourth-order valence-corrected chi connectivity index (χ4v) is 2.89. The molecular weight excluding hydrogens is 288 g/mol. The molecule has 0 fully saturated rings. The molecule has 0 amide bonds. The van der Waals surface area contributed by atoms with Gasteiger partial charge in [0.2, 0.25) is 0 Å².